The molecule has 42 heavy (non-hydrogen) atoms. The Kier molecular flexibility index (Phi) is 9.90. The van der Waals surface area contributed by atoms with Crippen molar-refractivity contribution < 1.29 is 29.0 Å². The second-order valence-electron chi connectivity index (χ2n) is 12.1. The van der Waals surface area contributed by atoms with Gasteiger partial charge in [-0.2, -0.15) is 0 Å². The fraction of sp³-hybridized carbons (Fsp3) is 0.606. The third-order valence-corrected chi connectivity index (χ3v) is 10.4. The zero-order valence-corrected chi connectivity index (χ0v) is 25.8. The number of amides is 2. The van der Waals surface area contributed by atoms with Gasteiger partial charge in [0.25, 0.3) is 0 Å². The average molecular weight is 644 g/mol. The number of benzene rings is 1. The molecule has 7 atom stereocenters. The number of rotatable bonds is 13. The molecule has 2 amide bonds. The summed E-state index contributed by atoms with van der Waals surface area (Å²) in [6, 6.07) is 8.06. The first kappa shape index (κ1) is 31.0. The summed E-state index contributed by atoms with van der Waals surface area (Å²) in [6.07, 6.45) is 10.1. The van der Waals surface area contributed by atoms with Gasteiger partial charge in [-0.25, -0.2) is 0 Å². The van der Waals surface area contributed by atoms with Gasteiger partial charge in [0.05, 0.1) is 37.2 Å². The molecule has 3 unspecified atom stereocenters. The summed E-state index contributed by atoms with van der Waals surface area (Å²) in [4.78, 5) is 46.1. The molecular weight excluding hydrogens is 600 g/mol. The monoisotopic (exact) mass is 642 g/mol. The third kappa shape index (κ3) is 5.60. The van der Waals surface area contributed by atoms with E-state index in [4.69, 9.17) is 9.47 Å². The first-order chi connectivity index (χ1) is 20.4. The Bertz CT molecular complexity index is 1160. The first-order valence-electron chi connectivity index (χ1n) is 15.4. The minimum atomic E-state index is -1.20. The van der Waals surface area contributed by atoms with E-state index >= 15 is 0 Å². The van der Waals surface area contributed by atoms with E-state index in [2.05, 4.69) is 29.1 Å². The van der Waals surface area contributed by atoms with Gasteiger partial charge in [0, 0.05) is 17.4 Å². The van der Waals surface area contributed by atoms with E-state index in [0.717, 1.165) is 37.7 Å². The molecule has 3 saturated heterocycles. The van der Waals surface area contributed by atoms with E-state index in [1.807, 2.05) is 35.2 Å². The molecule has 0 radical (unpaired) electrons. The minimum absolute atomic E-state index is 0.0438. The lowest BCUT2D eigenvalue weighted by Crippen LogP contribution is -2.60. The second kappa shape index (κ2) is 13.4. The molecule has 1 aromatic rings. The lowest BCUT2D eigenvalue weighted by Gasteiger charge is -2.42. The highest BCUT2D eigenvalue weighted by molar-refractivity contribution is 9.09. The van der Waals surface area contributed by atoms with Crippen LogP contribution in [0.15, 0.2) is 55.6 Å². The van der Waals surface area contributed by atoms with Crippen molar-refractivity contribution >= 4 is 33.7 Å². The van der Waals surface area contributed by atoms with E-state index in [-0.39, 0.29) is 35.9 Å². The summed E-state index contributed by atoms with van der Waals surface area (Å²) in [7, 11) is 0. The van der Waals surface area contributed by atoms with Crippen molar-refractivity contribution in [3.63, 3.8) is 0 Å². The van der Waals surface area contributed by atoms with Gasteiger partial charge in [0.1, 0.15) is 11.6 Å². The predicted octanol–water partition coefficient (Wildman–Crippen LogP) is 4.19. The molecule has 3 aliphatic heterocycles. The Hall–Kier alpha value is -2.49. The largest absolute Gasteiger partial charge is 0.465 e. The molecule has 1 aromatic carbocycles. The van der Waals surface area contributed by atoms with Gasteiger partial charge in [0.2, 0.25) is 11.8 Å². The summed E-state index contributed by atoms with van der Waals surface area (Å²) >= 11 is 3.73. The van der Waals surface area contributed by atoms with Gasteiger partial charge >= 0.3 is 5.97 Å². The maximum atomic E-state index is 14.8. The fourth-order valence-corrected chi connectivity index (χ4v) is 8.69. The van der Waals surface area contributed by atoms with Gasteiger partial charge in [0.15, 0.2) is 0 Å². The smallest absolute Gasteiger partial charge is 0.312 e. The first-order valence-corrected chi connectivity index (χ1v) is 16.3. The fourth-order valence-electron chi connectivity index (χ4n) is 7.75. The number of fused-ring (bicyclic) bond motifs is 1. The summed E-state index contributed by atoms with van der Waals surface area (Å²) in [5.41, 5.74) is -0.252. The van der Waals surface area contributed by atoms with Crippen LogP contribution in [0.4, 0.5) is 0 Å². The quantitative estimate of drug-likeness (QED) is 0.150. The van der Waals surface area contributed by atoms with Gasteiger partial charge in [-0.3, -0.25) is 14.4 Å². The van der Waals surface area contributed by atoms with Gasteiger partial charge < -0.3 is 24.4 Å². The standard InChI is InChI=1S/C33H43BrN2O6/c1-3-5-12-18-41-32(40)26-27-30(38)36(24(21-37)19-22-13-8-6-9-14-22)29(33(27)20-25(34)28(26)42-33)31(39)35(17-4-2)23-15-10-7-11-16-23/h3-4,6,8-9,13-14,23-29,37H,1-2,5,7,10-12,15-21H2/t24-,25?,26-,27+,28-,29?,33?/m1/s1. The van der Waals surface area contributed by atoms with Gasteiger partial charge in [-0.15, -0.1) is 13.2 Å². The lowest BCUT2D eigenvalue weighted by atomic mass is 9.70. The number of nitrogens with zero attached hydrogens (tertiary/aromatic N) is 2. The van der Waals surface area contributed by atoms with Crippen LogP contribution in [0.2, 0.25) is 0 Å². The zero-order valence-electron chi connectivity index (χ0n) is 24.2. The normalized spacial score (nSPS) is 31.0. The number of likely N-dealkylation sites (tertiary alicyclic amines) is 1. The van der Waals surface area contributed by atoms with Crippen LogP contribution in [0, 0.1) is 11.8 Å². The molecule has 2 bridgehead atoms. The highest BCUT2D eigenvalue weighted by atomic mass is 79.9. The highest BCUT2D eigenvalue weighted by Crippen LogP contribution is 2.61. The van der Waals surface area contributed by atoms with Crippen LogP contribution in [-0.4, -0.2) is 87.1 Å². The molecule has 4 aliphatic rings. The van der Waals surface area contributed by atoms with Crippen LogP contribution in [0.3, 0.4) is 0 Å². The van der Waals surface area contributed by atoms with E-state index in [9.17, 15) is 19.5 Å². The number of alkyl halides is 1. The van der Waals surface area contributed by atoms with Crippen LogP contribution in [0.5, 0.6) is 0 Å². The number of aliphatic hydroxyl groups is 1. The topological polar surface area (TPSA) is 96.4 Å². The Morgan fingerprint density at radius 3 is 2.60 bits per heavy atom. The van der Waals surface area contributed by atoms with Crippen LogP contribution in [-0.2, 0) is 30.3 Å². The Morgan fingerprint density at radius 2 is 1.93 bits per heavy atom. The predicted molar refractivity (Wildman–Crippen MR) is 163 cm³/mol. The number of aliphatic hydroxyl groups excluding tert-OH is 1. The Morgan fingerprint density at radius 1 is 1.19 bits per heavy atom. The minimum Gasteiger partial charge on any atom is -0.465 e. The summed E-state index contributed by atoms with van der Waals surface area (Å²) in [5, 5.41) is 10.7. The molecule has 8 nitrogen and oxygen atoms in total. The number of esters is 1. The molecular formula is C33H43BrN2O6. The number of unbranched alkanes of at least 4 members (excludes halogenated alkanes) is 1. The van der Waals surface area contributed by atoms with Crippen LogP contribution in [0.1, 0.15) is 56.9 Å². The van der Waals surface area contributed by atoms with Gasteiger partial charge in [-0.1, -0.05) is 77.7 Å². The number of allylic oxidation sites excluding steroid dienone is 1. The number of halogens is 1. The number of carbonyl (C=O) groups is 3. The van der Waals surface area contributed by atoms with Crippen molar-refractivity contribution in [3.05, 3.63) is 61.2 Å². The molecule has 1 saturated carbocycles. The average Bonchev–Trinajstić information content (AvgIpc) is 3.60. The maximum absolute atomic E-state index is 14.8. The zero-order chi connectivity index (χ0) is 29.9. The molecule has 1 aliphatic carbocycles. The summed E-state index contributed by atoms with van der Waals surface area (Å²) in [5.74, 6) is -2.68. The lowest BCUT2D eigenvalue weighted by molar-refractivity contribution is -0.157. The second-order valence-corrected chi connectivity index (χ2v) is 13.3. The van der Waals surface area contributed by atoms with Gasteiger partial charge in [-0.05, 0) is 44.1 Å². The van der Waals surface area contributed by atoms with Crippen molar-refractivity contribution in [1.82, 2.24) is 9.80 Å². The van der Waals surface area contributed by atoms with Crippen molar-refractivity contribution in [3.8, 4) is 0 Å². The molecule has 5 rings (SSSR count). The summed E-state index contributed by atoms with van der Waals surface area (Å²) in [6.45, 7) is 7.91. The van der Waals surface area contributed by atoms with Crippen molar-refractivity contribution in [2.75, 3.05) is 19.8 Å². The maximum Gasteiger partial charge on any atom is 0.312 e. The number of carbonyl (C=O) groups excluding carboxylic acids is 3. The van der Waals surface area contributed by atoms with E-state index in [0.29, 0.717) is 32.2 Å². The molecule has 3 heterocycles. The molecule has 9 heteroatoms. The summed E-state index contributed by atoms with van der Waals surface area (Å²) < 4.78 is 12.3. The van der Waals surface area contributed by atoms with E-state index in [1.54, 1.807) is 17.1 Å². The molecule has 228 valence electrons. The Balaban J connectivity index is 1.54. The number of ether oxygens (including phenoxy) is 2. The van der Waals surface area contributed by atoms with Crippen molar-refractivity contribution in [2.24, 2.45) is 11.8 Å². The SMILES string of the molecule is C=CCCCOC(=O)[C@H]1[C@@H]2OC3(CC2Br)C(C(=O)N(CC=C)C2CCCCC2)N([C@@H](CO)Cc2ccccc2)C(=O)[C@H]13. The van der Waals surface area contributed by atoms with E-state index in [1.165, 1.54) is 0 Å². The molecule has 1 spiro atoms. The Labute approximate surface area is 257 Å². The third-order valence-electron chi connectivity index (χ3n) is 9.57. The van der Waals surface area contributed by atoms with Crippen LogP contribution in [0.25, 0.3) is 0 Å². The van der Waals surface area contributed by atoms with Crippen molar-refractivity contribution in [2.45, 2.75) is 92.4 Å². The molecule has 0 aromatic heterocycles. The van der Waals surface area contributed by atoms with Crippen LogP contribution < -0.4 is 0 Å². The molecule has 1 N–H and O–H groups in total. The number of hydrogen-bond donors (Lipinski definition) is 1. The number of hydrogen-bond acceptors (Lipinski definition) is 6. The van der Waals surface area contributed by atoms with Crippen LogP contribution >= 0.6 is 15.9 Å². The van der Waals surface area contributed by atoms with E-state index < -0.39 is 41.6 Å². The molecule has 4 fully saturated rings. The highest BCUT2D eigenvalue weighted by Gasteiger charge is 2.77. The van der Waals surface area contributed by atoms with Crippen molar-refractivity contribution in [1.29, 1.82) is 0 Å².